The molecule has 1 aromatic rings. The predicted octanol–water partition coefficient (Wildman–Crippen LogP) is 2.80. The Kier molecular flexibility index (Phi) is 2.25. The maximum absolute atomic E-state index is 9.49. The quantitative estimate of drug-likeness (QED) is 0.865. The zero-order valence-corrected chi connectivity index (χ0v) is 9.94. The van der Waals surface area contributed by atoms with Crippen LogP contribution in [0.15, 0.2) is 24.3 Å². The van der Waals surface area contributed by atoms with E-state index in [4.69, 9.17) is 4.74 Å². The van der Waals surface area contributed by atoms with Crippen LogP contribution in [0.3, 0.4) is 0 Å². The van der Waals surface area contributed by atoms with E-state index in [1.165, 1.54) is 12.8 Å². The van der Waals surface area contributed by atoms with Gasteiger partial charge in [0, 0.05) is 0 Å². The number of rotatable bonds is 3. The lowest BCUT2D eigenvalue weighted by molar-refractivity contribution is 0.414. The van der Waals surface area contributed by atoms with E-state index < -0.39 is 0 Å². The fraction of sp³-hybridized carbons (Fsp3) is 0.500. The second-order valence-corrected chi connectivity index (χ2v) is 5.05. The molecule has 1 aromatic carbocycles. The van der Waals surface area contributed by atoms with Gasteiger partial charge in [-0.3, -0.25) is 0 Å². The van der Waals surface area contributed by atoms with Gasteiger partial charge in [-0.25, -0.2) is 0 Å². The Hall–Kier alpha value is -1.69. The van der Waals surface area contributed by atoms with E-state index in [9.17, 15) is 5.26 Å². The molecule has 0 amide bonds. The molecular weight excluding hydrogens is 212 g/mol. The molecular formula is C14H16N2O. The summed E-state index contributed by atoms with van der Waals surface area (Å²) in [6.07, 6.45) is 3.34. The highest BCUT2D eigenvalue weighted by atomic mass is 16.5. The lowest BCUT2D eigenvalue weighted by Gasteiger charge is -2.26. The zero-order valence-electron chi connectivity index (χ0n) is 9.94. The first-order valence-corrected chi connectivity index (χ1v) is 6.11. The van der Waals surface area contributed by atoms with Gasteiger partial charge in [-0.2, -0.15) is 5.26 Å². The van der Waals surface area contributed by atoms with Gasteiger partial charge in [-0.1, -0.05) is 12.1 Å². The number of methoxy groups -OCH3 is 1. The van der Waals surface area contributed by atoms with Crippen LogP contribution in [0.5, 0.6) is 5.75 Å². The lowest BCUT2D eigenvalue weighted by Crippen LogP contribution is -2.37. The Morgan fingerprint density at radius 1 is 1.47 bits per heavy atom. The largest absolute Gasteiger partial charge is 0.495 e. The molecule has 2 saturated carbocycles. The van der Waals surface area contributed by atoms with Crippen LogP contribution in [-0.4, -0.2) is 12.6 Å². The number of fused-ring (bicyclic) bond motifs is 1. The van der Waals surface area contributed by atoms with E-state index >= 15 is 0 Å². The first-order chi connectivity index (χ1) is 8.29. The average molecular weight is 228 g/mol. The van der Waals surface area contributed by atoms with Gasteiger partial charge in [0.15, 0.2) is 0 Å². The molecule has 2 aliphatic carbocycles. The molecule has 0 spiro atoms. The topological polar surface area (TPSA) is 45.0 Å². The SMILES string of the molecule is COc1ccccc1NC1(C#N)CCC2CC21. The number of nitrogens with zero attached hydrogens (tertiary/aromatic N) is 1. The van der Waals surface area contributed by atoms with Crippen LogP contribution in [0.4, 0.5) is 5.69 Å². The Morgan fingerprint density at radius 3 is 2.88 bits per heavy atom. The first kappa shape index (κ1) is 10.5. The maximum Gasteiger partial charge on any atom is 0.141 e. The van der Waals surface area contributed by atoms with Gasteiger partial charge in [-0.15, -0.1) is 0 Å². The van der Waals surface area contributed by atoms with E-state index in [1.807, 2.05) is 24.3 Å². The summed E-state index contributed by atoms with van der Waals surface area (Å²) in [6.45, 7) is 0. The van der Waals surface area contributed by atoms with E-state index in [-0.39, 0.29) is 5.54 Å². The van der Waals surface area contributed by atoms with Crippen molar-refractivity contribution >= 4 is 5.69 Å². The molecule has 17 heavy (non-hydrogen) atoms. The molecule has 3 rings (SSSR count). The van der Waals surface area contributed by atoms with Crippen molar-refractivity contribution in [3.05, 3.63) is 24.3 Å². The van der Waals surface area contributed by atoms with Crippen molar-refractivity contribution in [3.8, 4) is 11.8 Å². The van der Waals surface area contributed by atoms with Crippen LogP contribution in [-0.2, 0) is 0 Å². The summed E-state index contributed by atoms with van der Waals surface area (Å²) >= 11 is 0. The van der Waals surface area contributed by atoms with E-state index in [0.717, 1.165) is 23.8 Å². The normalized spacial score (nSPS) is 33.6. The minimum absolute atomic E-state index is 0.362. The van der Waals surface area contributed by atoms with Crippen LogP contribution < -0.4 is 10.1 Å². The van der Waals surface area contributed by atoms with Crippen molar-refractivity contribution in [1.82, 2.24) is 0 Å². The number of para-hydroxylation sites is 2. The second kappa shape index (κ2) is 3.66. The second-order valence-electron chi connectivity index (χ2n) is 5.05. The van der Waals surface area contributed by atoms with Gasteiger partial charge in [0.1, 0.15) is 11.3 Å². The number of nitriles is 1. The monoisotopic (exact) mass is 228 g/mol. The van der Waals surface area contributed by atoms with Gasteiger partial charge >= 0.3 is 0 Å². The number of hydrogen-bond acceptors (Lipinski definition) is 3. The molecule has 0 aliphatic heterocycles. The van der Waals surface area contributed by atoms with E-state index in [2.05, 4.69) is 11.4 Å². The summed E-state index contributed by atoms with van der Waals surface area (Å²) < 4.78 is 5.32. The average Bonchev–Trinajstić information content (AvgIpc) is 3.09. The maximum atomic E-state index is 9.49. The Labute approximate surface area is 101 Å². The van der Waals surface area contributed by atoms with Crippen LogP contribution in [0.2, 0.25) is 0 Å². The van der Waals surface area contributed by atoms with Gasteiger partial charge in [0.25, 0.3) is 0 Å². The van der Waals surface area contributed by atoms with E-state index in [0.29, 0.717) is 5.92 Å². The fourth-order valence-corrected chi connectivity index (χ4v) is 3.08. The summed E-state index contributed by atoms with van der Waals surface area (Å²) in [5, 5.41) is 12.9. The van der Waals surface area contributed by atoms with Crippen LogP contribution in [0.25, 0.3) is 0 Å². The zero-order chi connectivity index (χ0) is 11.9. The molecule has 88 valence electrons. The van der Waals surface area contributed by atoms with Crippen molar-refractivity contribution in [3.63, 3.8) is 0 Å². The standard InChI is InChI=1S/C14H16N2O/c1-17-13-5-3-2-4-12(13)16-14(9-15)7-6-10-8-11(10)14/h2-5,10-11,16H,6-8H2,1H3. The summed E-state index contributed by atoms with van der Waals surface area (Å²) in [5.74, 6) is 2.13. The van der Waals surface area contributed by atoms with Crippen LogP contribution >= 0.6 is 0 Å². The Balaban J connectivity index is 1.89. The van der Waals surface area contributed by atoms with Gasteiger partial charge in [0.05, 0.1) is 18.9 Å². The number of anilines is 1. The number of benzene rings is 1. The van der Waals surface area contributed by atoms with Gasteiger partial charge < -0.3 is 10.1 Å². The summed E-state index contributed by atoms with van der Waals surface area (Å²) in [4.78, 5) is 0. The smallest absolute Gasteiger partial charge is 0.141 e. The molecule has 1 N–H and O–H groups in total. The summed E-state index contributed by atoms with van der Waals surface area (Å²) in [7, 11) is 1.66. The van der Waals surface area contributed by atoms with E-state index in [1.54, 1.807) is 7.11 Å². The predicted molar refractivity (Wildman–Crippen MR) is 65.8 cm³/mol. The molecule has 3 nitrogen and oxygen atoms in total. The fourth-order valence-electron chi connectivity index (χ4n) is 3.08. The highest BCUT2D eigenvalue weighted by Crippen LogP contribution is 2.58. The summed E-state index contributed by atoms with van der Waals surface area (Å²) in [5.41, 5.74) is 0.573. The molecule has 2 aliphatic rings. The minimum Gasteiger partial charge on any atom is -0.495 e. The van der Waals surface area contributed by atoms with Crippen molar-refractivity contribution < 1.29 is 4.74 Å². The lowest BCUT2D eigenvalue weighted by atomic mass is 9.94. The third-order valence-corrected chi connectivity index (χ3v) is 4.13. The highest BCUT2D eigenvalue weighted by molar-refractivity contribution is 5.59. The molecule has 3 unspecified atom stereocenters. The first-order valence-electron chi connectivity index (χ1n) is 6.11. The molecule has 3 atom stereocenters. The third kappa shape index (κ3) is 1.56. The number of hydrogen-bond donors (Lipinski definition) is 1. The molecule has 0 radical (unpaired) electrons. The molecule has 0 saturated heterocycles. The molecule has 2 fully saturated rings. The van der Waals surface area contributed by atoms with Crippen molar-refractivity contribution in [2.45, 2.75) is 24.8 Å². The van der Waals surface area contributed by atoms with Crippen molar-refractivity contribution in [1.29, 1.82) is 5.26 Å². The molecule has 0 heterocycles. The number of ether oxygens (including phenoxy) is 1. The Bertz CT molecular complexity index is 479. The Morgan fingerprint density at radius 2 is 2.29 bits per heavy atom. The summed E-state index contributed by atoms with van der Waals surface area (Å²) in [6, 6.07) is 10.3. The van der Waals surface area contributed by atoms with Gasteiger partial charge in [-0.05, 0) is 43.2 Å². The van der Waals surface area contributed by atoms with Crippen LogP contribution in [0, 0.1) is 23.2 Å². The van der Waals surface area contributed by atoms with Crippen molar-refractivity contribution in [2.24, 2.45) is 11.8 Å². The van der Waals surface area contributed by atoms with Gasteiger partial charge in [0.2, 0.25) is 0 Å². The third-order valence-electron chi connectivity index (χ3n) is 4.13. The highest BCUT2D eigenvalue weighted by Gasteiger charge is 2.58. The molecule has 0 aromatic heterocycles. The van der Waals surface area contributed by atoms with Crippen LogP contribution in [0.1, 0.15) is 19.3 Å². The number of nitrogens with one attached hydrogen (secondary N) is 1. The molecule has 0 bridgehead atoms. The van der Waals surface area contributed by atoms with Crippen molar-refractivity contribution in [2.75, 3.05) is 12.4 Å². The minimum atomic E-state index is -0.362. The molecule has 3 heteroatoms.